The van der Waals surface area contributed by atoms with Crippen LogP contribution in [0.2, 0.25) is 0 Å². The number of nitrogens with zero attached hydrogens (tertiary/aromatic N) is 2. The molecule has 0 spiro atoms. The summed E-state index contributed by atoms with van der Waals surface area (Å²) in [5.74, 6) is 0. The molecule has 0 aliphatic carbocycles. The van der Waals surface area contributed by atoms with E-state index < -0.39 is 10.0 Å². The topological polar surface area (TPSA) is 84.0 Å². The van der Waals surface area contributed by atoms with Crippen molar-refractivity contribution in [3.8, 4) is 0 Å². The summed E-state index contributed by atoms with van der Waals surface area (Å²) in [5, 5.41) is 2.99. The Labute approximate surface area is 118 Å². The Balaban J connectivity index is 2.06. The zero-order chi connectivity index (χ0) is 14.4. The maximum Gasteiger partial charge on any atom is 0.258 e. The van der Waals surface area contributed by atoms with Crippen molar-refractivity contribution in [3.05, 3.63) is 54.0 Å². The van der Waals surface area contributed by atoms with Crippen LogP contribution >= 0.6 is 0 Å². The average molecular weight is 292 g/mol. The van der Waals surface area contributed by atoms with Crippen molar-refractivity contribution in [1.82, 2.24) is 20.0 Å². The number of nitrogens with one attached hydrogen (secondary N) is 2. The van der Waals surface area contributed by atoms with Crippen LogP contribution in [0.1, 0.15) is 11.1 Å². The highest BCUT2D eigenvalue weighted by atomic mass is 32.2. The zero-order valence-electron chi connectivity index (χ0n) is 11.1. The van der Waals surface area contributed by atoms with E-state index in [-0.39, 0.29) is 11.6 Å². The van der Waals surface area contributed by atoms with E-state index in [0.29, 0.717) is 6.54 Å². The summed E-state index contributed by atoms with van der Waals surface area (Å²) in [6.07, 6.45) is 4.81. The Morgan fingerprint density at radius 1 is 1.10 bits per heavy atom. The number of sulfonamides is 1. The van der Waals surface area contributed by atoms with Gasteiger partial charge in [-0.05, 0) is 30.3 Å². The molecule has 0 saturated carbocycles. The summed E-state index contributed by atoms with van der Waals surface area (Å²) in [6.45, 7) is 0.840. The molecule has 2 rings (SSSR count). The quantitative estimate of drug-likeness (QED) is 0.817. The number of hydrogen-bond acceptors (Lipinski definition) is 5. The van der Waals surface area contributed by atoms with Crippen molar-refractivity contribution < 1.29 is 8.42 Å². The van der Waals surface area contributed by atoms with Gasteiger partial charge in [-0.15, -0.1) is 0 Å². The molecule has 2 aromatic rings. The molecule has 20 heavy (non-hydrogen) atoms. The average Bonchev–Trinajstić information content (AvgIpc) is 2.47. The van der Waals surface area contributed by atoms with E-state index in [4.69, 9.17) is 0 Å². The van der Waals surface area contributed by atoms with Crippen molar-refractivity contribution in [3.63, 3.8) is 0 Å². The standard InChI is InChI=1S/C13H16N4O2S/c1-14-7-12-4-5-13(16-9-12)20(18,19)17-10-11-3-2-6-15-8-11/h2-6,8-9,14,17H,7,10H2,1H3. The largest absolute Gasteiger partial charge is 0.316 e. The summed E-state index contributed by atoms with van der Waals surface area (Å²) in [5.41, 5.74) is 1.72. The summed E-state index contributed by atoms with van der Waals surface area (Å²) in [6, 6.07) is 6.80. The van der Waals surface area contributed by atoms with Crippen LogP contribution in [-0.4, -0.2) is 25.4 Å². The predicted molar refractivity (Wildman–Crippen MR) is 75.3 cm³/mol. The molecule has 2 aromatic heterocycles. The molecule has 0 amide bonds. The third-order valence-electron chi connectivity index (χ3n) is 2.64. The van der Waals surface area contributed by atoms with Crippen molar-refractivity contribution in [2.75, 3.05) is 7.05 Å². The third-order valence-corrected chi connectivity index (χ3v) is 3.96. The molecular weight excluding hydrogens is 276 g/mol. The van der Waals surface area contributed by atoms with Crippen LogP contribution in [0, 0.1) is 0 Å². The van der Waals surface area contributed by atoms with Gasteiger partial charge in [-0.1, -0.05) is 12.1 Å². The van der Waals surface area contributed by atoms with Crippen LogP contribution < -0.4 is 10.0 Å². The lowest BCUT2D eigenvalue weighted by atomic mass is 10.3. The molecular formula is C13H16N4O2S. The normalized spacial score (nSPS) is 11.4. The molecule has 0 aliphatic rings. The lowest BCUT2D eigenvalue weighted by Gasteiger charge is -2.06. The second-order valence-electron chi connectivity index (χ2n) is 4.22. The molecule has 0 unspecified atom stereocenters. The van der Waals surface area contributed by atoms with Crippen LogP contribution in [0.15, 0.2) is 47.9 Å². The van der Waals surface area contributed by atoms with Crippen LogP contribution in [0.25, 0.3) is 0 Å². The summed E-state index contributed by atoms with van der Waals surface area (Å²) < 4.78 is 26.6. The molecule has 0 atom stereocenters. The Bertz CT molecular complexity index is 642. The van der Waals surface area contributed by atoms with Crippen LogP contribution in [0.4, 0.5) is 0 Å². The van der Waals surface area contributed by atoms with E-state index in [1.807, 2.05) is 7.05 Å². The van der Waals surface area contributed by atoms with E-state index in [1.165, 1.54) is 6.07 Å². The van der Waals surface area contributed by atoms with Gasteiger partial charge in [-0.2, -0.15) is 0 Å². The Morgan fingerprint density at radius 3 is 2.50 bits per heavy atom. The predicted octanol–water partition coefficient (Wildman–Crippen LogP) is 0.674. The molecule has 0 aromatic carbocycles. The molecule has 106 valence electrons. The van der Waals surface area contributed by atoms with Gasteiger partial charge in [0.15, 0.2) is 5.03 Å². The van der Waals surface area contributed by atoms with Gasteiger partial charge in [0.25, 0.3) is 10.0 Å². The maximum absolute atomic E-state index is 12.1. The summed E-state index contributed by atoms with van der Waals surface area (Å²) in [4.78, 5) is 7.91. The minimum atomic E-state index is -3.60. The second-order valence-corrected chi connectivity index (χ2v) is 5.93. The van der Waals surface area contributed by atoms with Gasteiger partial charge < -0.3 is 5.32 Å². The highest BCUT2D eigenvalue weighted by Crippen LogP contribution is 2.07. The fraction of sp³-hybridized carbons (Fsp3) is 0.231. The first-order valence-electron chi connectivity index (χ1n) is 6.10. The van der Waals surface area contributed by atoms with Crippen LogP contribution in [0.5, 0.6) is 0 Å². The van der Waals surface area contributed by atoms with E-state index in [1.54, 1.807) is 36.8 Å². The highest BCUT2D eigenvalue weighted by Gasteiger charge is 2.15. The molecule has 0 bridgehead atoms. The summed E-state index contributed by atoms with van der Waals surface area (Å²) in [7, 11) is -1.78. The molecule has 2 heterocycles. The highest BCUT2D eigenvalue weighted by molar-refractivity contribution is 7.89. The van der Waals surface area contributed by atoms with E-state index in [0.717, 1.165) is 11.1 Å². The van der Waals surface area contributed by atoms with Gasteiger partial charge in [-0.25, -0.2) is 18.1 Å². The van der Waals surface area contributed by atoms with Gasteiger partial charge in [0.2, 0.25) is 0 Å². The van der Waals surface area contributed by atoms with Gasteiger partial charge in [-0.3, -0.25) is 4.98 Å². The maximum atomic E-state index is 12.1. The molecule has 0 aliphatic heterocycles. The molecule has 6 nitrogen and oxygen atoms in total. The fourth-order valence-electron chi connectivity index (χ4n) is 1.63. The van der Waals surface area contributed by atoms with Gasteiger partial charge in [0.05, 0.1) is 0 Å². The molecule has 2 N–H and O–H groups in total. The molecule has 0 fully saturated rings. The van der Waals surface area contributed by atoms with E-state index >= 15 is 0 Å². The number of aromatic nitrogens is 2. The first-order valence-corrected chi connectivity index (χ1v) is 7.58. The van der Waals surface area contributed by atoms with E-state index in [9.17, 15) is 8.42 Å². The lowest BCUT2D eigenvalue weighted by molar-refractivity contribution is 0.577. The summed E-state index contributed by atoms with van der Waals surface area (Å²) >= 11 is 0. The molecule has 0 radical (unpaired) electrons. The Hall–Kier alpha value is -1.83. The van der Waals surface area contributed by atoms with Crippen molar-refractivity contribution in [1.29, 1.82) is 0 Å². The second kappa shape index (κ2) is 6.56. The van der Waals surface area contributed by atoms with Crippen LogP contribution in [0.3, 0.4) is 0 Å². The Morgan fingerprint density at radius 2 is 1.90 bits per heavy atom. The van der Waals surface area contributed by atoms with Gasteiger partial charge in [0, 0.05) is 31.7 Å². The monoisotopic (exact) mass is 292 g/mol. The lowest BCUT2D eigenvalue weighted by Crippen LogP contribution is -2.24. The SMILES string of the molecule is CNCc1ccc(S(=O)(=O)NCc2cccnc2)nc1. The van der Waals surface area contributed by atoms with Gasteiger partial charge in [0.1, 0.15) is 0 Å². The zero-order valence-corrected chi connectivity index (χ0v) is 11.9. The van der Waals surface area contributed by atoms with Gasteiger partial charge >= 0.3 is 0 Å². The van der Waals surface area contributed by atoms with E-state index in [2.05, 4.69) is 20.0 Å². The number of rotatable bonds is 6. The van der Waals surface area contributed by atoms with Crippen molar-refractivity contribution >= 4 is 10.0 Å². The Kier molecular flexibility index (Phi) is 4.78. The fourth-order valence-corrected chi connectivity index (χ4v) is 2.58. The first kappa shape index (κ1) is 14.6. The number of pyridine rings is 2. The minimum absolute atomic E-state index is 0.0150. The third kappa shape index (κ3) is 3.83. The molecule has 7 heteroatoms. The molecule has 0 saturated heterocycles. The first-order chi connectivity index (χ1) is 9.62. The smallest absolute Gasteiger partial charge is 0.258 e. The van der Waals surface area contributed by atoms with Crippen molar-refractivity contribution in [2.45, 2.75) is 18.1 Å². The minimum Gasteiger partial charge on any atom is -0.316 e. The van der Waals surface area contributed by atoms with Crippen LogP contribution in [-0.2, 0) is 23.1 Å². The number of hydrogen-bond donors (Lipinski definition) is 2. The van der Waals surface area contributed by atoms with Crippen molar-refractivity contribution in [2.24, 2.45) is 0 Å².